The van der Waals surface area contributed by atoms with Crippen LogP contribution in [0.2, 0.25) is 0 Å². The summed E-state index contributed by atoms with van der Waals surface area (Å²) in [5.74, 6) is 0. The Morgan fingerprint density at radius 1 is 0.500 bits per heavy atom. The van der Waals surface area contributed by atoms with Gasteiger partial charge in [0.2, 0.25) is 0 Å². The molecule has 1 aliphatic carbocycles. The lowest BCUT2D eigenvalue weighted by atomic mass is 9.74. The Labute approximate surface area is 339 Å². The van der Waals surface area contributed by atoms with Crippen molar-refractivity contribution in [3.05, 3.63) is 210 Å². The molecule has 0 fully saturated rings. The van der Waals surface area contributed by atoms with Crippen LogP contribution >= 0.6 is 0 Å². The fourth-order valence-electron chi connectivity index (χ4n) is 9.89. The number of benzene rings is 9. The normalized spacial score (nSPS) is 15.0. The van der Waals surface area contributed by atoms with Crippen molar-refractivity contribution in [2.45, 2.75) is 38.5 Å². The molecule has 0 aliphatic heterocycles. The maximum Gasteiger partial charge on any atom is 0.143 e. The first-order valence-electron chi connectivity index (χ1n) is 20.4. The molecule has 1 unspecified atom stereocenters. The van der Waals surface area contributed by atoms with Gasteiger partial charge in [0.15, 0.2) is 0 Å². The van der Waals surface area contributed by atoms with Crippen LogP contribution in [0.15, 0.2) is 192 Å². The number of anilines is 3. The molecule has 1 atom stereocenters. The number of furan rings is 1. The summed E-state index contributed by atoms with van der Waals surface area (Å²) in [5, 5.41) is 7.09. The zero-order chi connectivity index (χ0) is 39.2. The van der Waals surface area contributed by atoms with E-state index < -0.39 is 0 Å². The molecule has 1 aliphatic rings. The van der Waals surface area contributed by atoms with Gasteiger partial charge in [-0.25, -0.2) is 0 Å². The minimum Gasteiger partial charge on any atom is -0.455 e. The van der Waals surface area contributed by atoms with Gasteiger partial charge in [0.25, 0.3) is 0 Å². The van der Waals surface area contributed by atoms with E-state index in [1.54, 1.807) is 0 Å². The van der Waals surface area contributed by atoms with Gasteiger partial charge in [0.1, 0.15) is 11.2 Å². The number of rotatable bonds is 5. The van der Waals surface area contributed by atoms with Crippen LogP contribution in [0.5, 0.6) is 0 Å². The molecule has 58 heavy (non-hydrogen) atoms. The summed E-state index contributed by atoms with van der Waals surface area (Å²) in [5.41, 5.74) is 14.9. The number of para-hydroxylation sites is 1. The highest BCUT2D eigenvalue weighted by Crippen LogP contribution is 2.57. The number of hydrogen-bond acceptors (Lipinski definition) is 2. The monoisotopic (exact) mass is 745 g/mol. The molecule has 0 amide bonds. The highest BCUT2D eigenvalue weighted by Gasteiger charge is 2.42. The Bertz CT molecular complexity index is 3220. The van der Waals surface area contributed by atoms with E-state index in [4.69, 9.17) is 4.42 Å². The Hall–Kier alpha value is -6.90. The molecule has 278 valence electrons. The highest BCUT2D eigenvalue weighted by molar-refractivity contribution is 6.21. The maximum atomic E-state index is 6.83. The van der Waals surface area contributed by atoms with Gasteiger partial charge in [-0.05, 0) is 92.4 Å². The van der Waals surface area contributed by atoms with Crippen molar-refractivity contribution in [3.63, 3.8) is 0 Å². The molecular weight excluding hydrogens is 703 g/mol. The van der Waals surface area contributed by atoms with Crippen LogP contribution in [-0.2, 0) is 10.8 Å². The molecule has 0 saturated carbocycles. The first-order chi connectivity index (χ1) is 28.3. The van der Waals surface area contributed by atoms with Gasteiger partial charge >= 0.3 is 0 Å². The molecule has 0 bridgehead atoms. The van der Waals surface area contributed by atoms with Crippen LogP contribution < -0.4 is 4.90 Å². The van der Waals surface area contributed by atoms with E-state index in [0.717, 1.165) is 44.4 Å². The second-order valence-corrected chi connectivity index (χ2v) is 17.0. The minimum atomic E-state index is -0.384. The van der Waals surface area contributed by atoms with Gasteiger partial charge in [-0.1, -0.05) is 178 Å². The van der Waals surface area contributed by atoms with Gasteiger partial charge in [0, 0.05) is 38.2 Å². The van der Waals surface area contributed by atoms with Crippen molar-refractivity contribution in [2.24, 2.45) is 0 Å². The zero-order valence-electron chi connectivity index (χ0n) is 33.3. The first kappa shape index (κ1) is 34.4. The Morgan fingerprint density at radius 3 is 1.98 bits per heavy atom. The Balaban J connectivity index is 1.26. The van der Waals surface area contributed by atoms with Gasteiger partial charge in [0.05, 0.1) is 11.4 Å². The predicted molar refractivity (Wildman–Crippen MR) is 245 cm³/mol. The second-order valence-electron chi connectivity index (χ2n) is 17.0. The molecule has 0 saturated heterocycles. The van der Waals surface area contributed by atoms with Crippen molar-refractivity contribution >= 4 is 60.5 Å². The number of hydrogen-bond donors (Lipinski definition) is 0. The van der Waals surface area contributed by atoms with Crippen LogP contribution in [0.25, 0.3) is 65.7 Å². The third-order valence-corrected chi connectivity index (χ3v) is 12.6. The molecular formula is C56H43NO. The van der Waals surface area contributed by atoms with E-state index in [-0.39, 0.29) is 10.8 Å². The fraction of sp³-hybridized carbons (Fsp3) is 0.107. The summed E-state index contributed by atoms with van der Waals surface area (Å²) in [6, 6.07) is 69.1. The van der Waals surface area contributed by atoms with Crippen molar-refractivity contribution in [3.8, 4) is 22.3 Å². The molecule has 10 aromatic rings. The lowest BCUT2D eigenvalue weighted by molar-refractivity contribution is 0.594. The third-order valence-electron chi connectivity index (χ3n) is 12.6. The lowest BCUT2D eigenvalue weighted by Gasteiger charge is -2.32. The highest BCUT2D eigenvalue weighted by atomic mass is 16.3. The second kappa shape index (κ2) is 12.8. The van der Waals surface area contributed by atoms with Gasteiger partial charge in [-0.3, -0.25) is 0 Å². The van der Waals surface area contributed by atoms with E-state index in [9.17, 15) is 0 Å². The van der Waals surface area contributed by atoms with Gasteiger partial charge in [-0.2, -0.15) is 0 Å². The largest absolute Gasteiger partial charge is 0.455 e. The number of fused-ring (bicyclic) bond motifs is 10. The van der Waals surface area contributed by atoms with Crippen LogP contribution in [0.1, 0.15) is 49.9 Å². The summed E-state index contributed by atoms with van der Waals surface area (Å²) in [6.07, 6.45) is 0. The quantitative estimate of drug-likeness (QED) is 0.174. The average Bonchev–Trinajstić information content (AvgIpc) is 3.77. The SMILES string of the molecule is CC(C)(C)c1cccc2oc3c4ccccc4c(N(c4ccc5c(c4)C(C)(c4ccccc4)c4ccc6ccccc6c4-5)c4ccccc4-c4ccccc4)cc3c12. The van der Waals surface area contributed by atoms with Crippen molar-refractivity contribution in [1.82, 2.24) is 0 Å². The van der Waals surface area contributed by atoms with Crippen molar-refractivity contribution in [2.75, 3.05) is 4.90 Å². The molecule has 11 rings (SSSR count). The van der Waals surface area contributed by atoms with Gasteiger partial charge < -0.3 is 9.32 Å². The molecule has 2 nitrogen and oxygen atoms in total. The molecule has 0 radical (unpaired) electrons. The third kappa shape index (κ3) is 5.04. The van der Waals surface area contributed by atoms with E-state index in [0.29, 0.717) is 0 Å². The first-order valence-corrected chi connectivity index (χ1v) is 20.4. The van der Waals surface area contributed by atoms with Crippen LogP contribution in [-0.4, -0.2) is 0 Å². The molecule has 0 N–H and O–H groups in total. The lowest BCUT2D eigenvalue weighted by Crippen LogP contribution is -2.23. The summed E-state index contributed by atoms with van der Waals surface area (Å²) >= 11 is 0. The van der Waals surface area contributed by atoms with Crippen LogP contribution in [0.4, 0.5) is 17.1 Å². The maximum absolute atomic E-state index is 6.83. The summed E-state index contributed by atoms with van der Waals surface area (Å²) in [7, 11) is 0. The molecule has 1 heterocycles. The smallest absolute Gasteiger partial charge is 0.143 e. The summed E-state index contributed by atoms with van der Waals surface area (Å²) in [4.78, 5) is 2.51. The van der Waals surface area contributed by atoms with E-state index in [1.807, 2.05) is 0 Å². The molecule has 1 aromatic heterocycles. The van der Waals surface area contributed by atoms with Crippen LogP contribution in [0.3, 0.4) is 0 Å². The molecule has 0 spiro atoms. The molecule has 9 aromatic carbocycles. The fourth-order valence-corrected chi connectivity index (χ4v) is 9.89. The van der Waals surface area contributed by atoms with Crippen molar-refractivity contribution < 1.29 is 4.42 Å². The van der Waals surface area contributed by atoms with Gasteiger partial charge in [-0.15, -0.1) is 0 Å². The standard InChI is InChI=1S/C56H43NO/c1-55(2,3)46-27-17-29-51-53(46)45-35-50(42-25-13-14-26-43(42)54(45)58-51)57(49-28-16-15-23-40(49)36-18-7-5-8-19-36)39-31-32-44-48(34-39)56(4,38-21-9-6-10-22-38)47-33-30-37-20-11-12-24-41(37)52(44)47/h5-35H,1-4H3. The van der Waals surface area contributed by atoms with E-state index >= 15 is 0 Å². The summed E-state index contributed by atoms with van der Waals surface area (Å²) in [6.45, 7) is 9.29. The van der Waals surface area contributed by atoms with Crippen LogP contribution in [0, 0.1) is 0 Å². The average molecular weight is 746 g/mol. The zero-order valence-corrected chi connectivity index (χ0v) is 33.3. The van der Waals surface area contributed by atoms with Crippen molar-refractivity contribution in [1.29, 1.82) is 0 Å². The van der Waals surface area contributed by atoms with E-state index in [1.165, 1.54) is 60.7 Å². The van der Waals surface area contributed by atoms with E-state index in [2.05, 4.69) is 221 Å². The Morgan fingerprint density at radius 2 is 1.19 bits per heavy atom. The minimum absolute atomic E-state index is 0.0806. The summed E-state index contributed by atoms with van der Waals surface area (Å²) < 4.78 is 6.83. The number of nitrogens with zero attached hydrogens (tertiary/aromatic N) is 1. The topological polar surface area (TPSA) is 16.4 Å². The molecule has 2 heteroatoms. The Kier molecular flexibility index (Phi) is 7.59. The predicted octanol–water partition coefficient (Wildman–Crippen LogP) is 15.7.